The maximum Gasteiger partial charge on any atom is 0.171 e. The van der Waals surface area contributed by atoms with E-state index in [1.807, 2.05) is 6.07 Å². The zero-order chi connectivity index (χ0) is 9.97. The number of aryl methyl sites for hydroxylation is 1. The molecule has 0 aliphatic rings. The van der Waals surface area contributed by atoms with Crippen molar-refractivity contribution in [2.45, 2.75) is 13.3 Å². The van der Waals surface area contributed by atoms with Gasteiger partial charge in [0, 0.05) is 4.88 Å². The molecule has 1 aromatic carbocycles. The van der Waals surface area contributed by atoms with Gasteiger partial charge in [0.15, 0.2) is 5.06 Å². The van der Waals surface area contributed by atoms with Gasteiger partial charge >= 0.3 is 0 Å². The predicted molar refractivity (Wildman–Crippen MR) is 60.8 cm³/mol. The second-order valence-electron chi connectivity index (χ2n) is 3.19. The molecule has 1 aromatic heterocycles. The largest absolute Gasteiger partial charge is 0.499 e. The first-order valence-corrected chi connectivity index (χ1v) is 5.49. The van der Waals surface area contributed by atoms with Gasteiger partial charge < -0.3 is 5.11 Å². The van der Waals surface area contributed by atoms with Crippen LogP contribution in [0.3, 0.4) is 0 Å². The molecular formula is C12H12OS. The molecule has 0 saturated heterocycles. The summed E-state index contributed by atoms with van der Waals surface area (Å²) >= 11 is 1.42. The van der Waals surface area contributed by atoms with Gasteiger partial charge in [-0.25, -0.2) is 0 Å². The third-order valence-corrected chi connectivity index (χ3v) is 3.15. The molecule has 1 heterocycles. The summed E-state index contributed by atoms with van der Waals surface area (Å²) < 4.78 is 0. The first kappa shape index (κ1) is 9.28. The molecule has 1 nitrogen and oxygen atoms in total. The summed E-state index contributed by atoms with van der Waals surface area (Å²) in [5.41, 5.74) is 2.52. The average Bonchev–Trinajstić information content (AvgIpc) is 2.65. The first-order chi connectivity index (χ1) is 6.79. The van der Waals surface area contributed by atoms with E-state index in [2.05, 4.69) is 31.2 Å². The van der Waals surface area contributed by atoms with Crippen LogP contribution in [0.25, 0.3) is 10.4 Å². The normalized spacial score (nSPS) is 10.4. The summed E-state index contributed by atoms with van der Waals surface area (Å²) in [4.78, 5) is 1.12. The molecule has 0 aliphatic heterocycles. The van der Waals surface area contributed by atoms with Crippen LogP contribution in [0.15, 0.2) is 36.4 Å². The molecule has 0 bridgehead atoms. The Labute approximate surface area is 87.7 Å². The van der Waals surface area contributed by atoms with Crippen LogP contribution in [0.5, 0.6) is 5.06 Å². The van der Waals surface area contributed by atoms with Gasteiger partial charge in [0.2, 0.25) is 0 Å². The Hall–Kier alpha value is -1.28. The highest BCUT2D eigenvalue weighted by Crippen LogP contribution is 2.32. The summed E-state index contributed by atoms with van der Waals surface area (Å²) in [6.45, 7) is 2.14. The highest BCUT2D eigenvalue weighted by atomic mass is 32.1. The summed E-state index contributed by atoms with van der Waals surface area (Å²) in [5, 5.41) is 9.64. The lowest BCUT2D eigenvalue weighted by Crippen LogP contribution is -1.79. The quantitative estimate of drug-likeness (QED) is 0.791. The molecule has 72 valence electrons. The van der Waals surface area contributed by atoms with Crippen molar-refractivity contribution in [3.63, 3.8) is 0 Å². The molecule has 0 radical (unpaired) electrons. The molecule has 0 spiro atoms. The van der Waals surface area contributed by atoms with Gasteiger partial charge in [0.25, 0.3) is 0 Å². The zero-order valence-electron chi connectivity index (χ0n) is 8.03. The minimum Gasteiger partial charge on any atom is -0.499 e. The van der Waals surface area contributed by atoms with Crippen molar-refractivity contribution < 1.29 is 5.11 Å². The van der Waals surface area contributed by atoms with Crippen molar-refractivity contribution in [2.75, 3.05) is 0 Å². The van der Waals surface area contributed by atoms with E-state index in [1.165, 1.54) is 22.5 Å². The predicted octanol–water partition coefficient (Wildman–Crippen LogP) is 3.68. The van der Waals surface area contributed by atoms with Gasteiger partial charge in [0.05, 0.1) is 0 Å². The van der Waals surface area contributed by atoms with Crippen molar-refractivity contribution >= 4 is 11.3 Å². The summed E-state index contributed by atoms with van der Waals surface area (Å²) in [6, 6.07) is 12.1. The molecular weight excluding hydrogens is 192 g/mol. The van der Waals surface area contributed by atoms with E-state index < -0.39 is 0 Å². The van der Waals surface area contributed by atoms with E-state index in [0.29, 0.717) is 5.06 Å². The maximum absolute atomic E-state index is 9.26. The smallest absolute Gasteiger partial charge is 0.171 e. The number of thiophene rings is 1. The van der Waals surface area contributed by atoms with Crippen LogP contribution >= 0.6 is 11.3 Å². The van der Waals surface area contributed by atoms with Crippen molar-refractivity contribution in [3.8, 4) is 15.5 Å². The van der Waals surface area contributed by atoms with Crippen LogP contribution < -0.4 is 0 Å². The van der Waals surface area contributed by atoms with Gasteiger partial charge in [-0.15, -0.1) is 0 Å². The summed E-state index contributed by atoms with van der Waals surface area (Å²) in [7, 11) is 0. The first-order valence-electron chi connectivity index (χ1n) is 4.67. The minimum absolute atomic E-state index is 0.377. The van der Waals surface area contributed by atoms with Crippen molar-refractivity contribution in [2.24, 2.45) is 0 Å². The highest BCUT2D eigenvalue weighted by molar-refractivity contribution is 7.17. The van der Waals surface area contributed by atoms with E-state index in [0.717, 1.165) is 11.3 Å². The Balaban J connectivity index is 2.41. The molecule has 2 heteroatoms. The third kappa shape index (κ3) is 1.80. The molecule has 0 aliphatic carbocycles. The Bertz CT molecular complexity index is 431. The topological polar surface area (TPSA) is 20.2 Å². The monoisotopic (exact) mass is 204 g/mol. The van der Waals surface area contributed by atoms with Crippen LogP contribution in [0.4, 0.5) is 0 Å². The van der Waals surface area contributed by atoms with Crippen LogP contribution in [0.2, 0.25) is 0 Å². The van der Waals surface area contributed by atoms with Gasteiger partial charge in [-0.05, 0) is 29.7 Å². The number of aromatic hydroxyl groups is 1. The summed E-state index contributed by atoms with van der Waals surface area (Å²) in [5.74, 6) is 0. The van der Waals surface area contributed by atoms with E-state index in [4.69, 9.17) is 0 Å². The lowest BCUT2D eigenvalue weighted by Gasteiger charge is -2.00. The van der Waals surface area contributed by atoms with Crippen LogP contribution in [-0.4, -0.2) is 5.11 Å². The summed E-state index contributed by atoms with van der Waals surface area (Å²) in [6.07, 6.45) is 1.05. The third-order valence-electron chi connectivity index (χ3n) is 2.21. The maximum atomic E-state index is 9.26. The number of hydrogen-bond donors (Lipinski definition) is 1. The number of benzene rings is 1. The molecule has 0 atom stereocenters. The van der Waals surface area contributed by atoms with Crippen molar-refractivity contribution in [1.82, 2.24) is 0 Å². The van der Waals surface area contributed by atoms with E-state index in [9.17, 15) is 5.11 Å². The molecule has 14 heavy (non-hydrogen) atoms. The molecule has 0 fully saturated rings. The molecule has 0 saturated carbocycles. The minimum atomic E-state index is 0.377. The average molecular weight is 204 g/mol. The zero-order valence-corrected chi connectivity index (χ0v) is 8.84. The lowest BCUT2D eigenvalue weighted by atomic mass is 10.1. The molecule has 0 amide bonds. The van der Waals surface area contributed by atoms with Crippen LogP contribution in [0.1, 0.15) is 12.5 Å². The van der Waals surface area contributed by atoms with Crippen LogP contribution in [-0.2, 0) is 6.42 Å². The molecule has 1 N–H and O–H groups in total. The fourth-order valence-corrected chi connectivity index (χ4v) is 2.17. The lowest BCUT2D eigenvalue weighted by molar-refractivity contribution is 0.491. The fraction of sp³-hybridized carbons (Fsp3) is 0.167. The number of hydrogen-bond acceptors (Lipinski definition) is 2. The van der Waals surface area contributed by atoms with Gasteiger partial charge in [0.1, 0.15) is 0 Å². The van der Waals surface area contributed by atoms with Crippen molar-refractivity contribution in [1.29, 1.82) is 0 Å². The SMILES string of the molecule is CCc1cccc(-c2ccc(O)s2)c1. The second-order valence-corrected chi connectivity index (χ2v) is 4.25. The Kier molecular flexibility index (Phi) is 2.55. The fourth-order valence-electron chi connectivity index (χ4n) is 1.43. The Morgan fingerprint density at radius 3 is 2.71 bits per heavy atom. The molecule has 0 unspecified atom stereocenters. The van der Waals surface area contributed by atoms with E-state index >= 15 is 0 Å². The second kappa shape index (κ2) is 3.84. The van der Waals surface area contributed by atoms with Crippen LogP contribution in [0, 0.1) is 0 Å². The van der Waals surface area contributed by atoms with E-state index in [-0.39, 0.29) is 0 Å². The Morgan fingerprint density at radius 1 is 1.21 bits per heavy atom. The number of rotatable bonds is 2. The van der Waals surface area contributed by atoms with E-state index in [1.54, 1.807) is 6.07 Å². The molecule has 2 aromatic rings. The standard InChI is InChI=1S/C12H12OS/c1-2-9-4-3-5-10(8-9)11-6-7-12(13)14-11/h3-8,13H,2H2,1H3. The van der Waals surface area contributed by atoms with Gasteiger partial charge in [-0.1, -0.05) is 42.5 Å². The van der Waals surface area contributed by atoms with Gasteiger partial charge in [-0.2, -0.15) is 0 Å². The van der Waals surface area contributed by atoms with Gasteiger partial charge in [-0.3, -0.25) is 0 Å². The molecule has 2 rings (SSSR count). The van der Waals surface area contributed by atoms with Crippen molar-refractivity contribution in [3.05, 3.63) is 42.0 Å². The highest BCUT2D eigenvalue weighted by Gasteiger charge is 2.01. The Morgan fingerprint density at radius 2 is 2.07 bits per heavy atom.